The lowest BCUT2D eigenvalue weighted by Gasteiger charge is -2.43. The van der Waals surface area contributed by atoms with Gasteiger partial charge in [0.15, 0.2) is 0 Å². The molecule has 182 valence electrons. The van der Waals surface area contributed by atoms with Crippen molar-refractivity contribution >= 4 is 34.9 Å². The van der Waals surface area contributed by atoms with Crippen LogP contribution >= 0.6 is 0 Å². The highest BCUT2D eigenvalue weighted by Gasteiger charge is 2.66. The number of carbonyl (C=O) groups is 3. The van der Waals surface area contributed by atoms with Crippen molar-refractivity contribution in [3.05, 3.63) is 65.7 Å². The molecular weight excluding hydrogens is 444 g/mol. The van der Waals surface area contributed by atoms with Crippen LogP contribution in [-0.4, -0.2) is 35.7 Å². The van der Waals surface area contributed by atoms with Gasteiger partial charge in [-0.2, -0.15) is 0 Å². The Balaban J connectivity index is 1.72. The molecule has 0 fully saturated rings. The molecular formula is C28H30N2O5. The highest BCUT2D eigenvalue weighted by molar-refractivity contribution is 6.24. The van der Waals surface area contributed by atoms with Crippen LogP contribution < -0.4 is 10.2 Å². The quantitative estimate of drug-likeness (QED) is 0.613. The van der Waals surface area contributed by atoms with Gasteiger partial charge in [-0.3, -0.25) is 9.59 Å². The van der Waals surface area contributed by atoms with Gasteiger partial charge in [-0.05, 0) is 64.3 Å². The molecule has 2 aromatic rings. The summed E-state index contributed by atoms with van der Waals surface area (Å²) in [4.78, 5) is 42.5. The minimum Gasteiger partial charge on any atom is -0.463 e. The number of benzene rings is 2. The van der Waals surface area contributed by atoms with Crippen LogP contribution in [-0.2, 0) is 24.5 Å². The molecule has 1 aliphatic carbocycles. The molecule has 2 heterocycles. The maximum absolute atomic E-state index is 14.5. The van der Waals surface area contributed by atoms with Crippen LogP contribution in [0.25, 0.3) is 5.57 Å². The summed E-state index contributed by atoms with van der Waals surface area (Å²) in [5, 5.41) is 3.51. The average molecular weight is 475 g/mol. The van der Waals surface area contributed by atoms with Crippen LogP contribution in [0.4, 0.5) is 16.2 Å². The summed E-state index contributed by atoms with van der Waals surface area (Å²) in [6, 6.07) is 14.5. The van der Waals surface area contributed by atoms with E-state index in [2.05, 4.69) is 5.32 Å². The maximum Gasteiger partial charge on any atom is 0.421 e. The first kappa shape index (κ1) is 23.1. The molecule has 35 heavy (non-hydrogen) atoms. The first-order chi connectivity index (χ1) is 16.6. The van der Waals surface area contributed by atoms with Gasteiger partial charge in [0.05, 0.1) is 23.8 Å². The number of amides is 2. The van der Waals surface area contributed by atoms with Crippen molar-refractivity contribution in [2.45, 2.75) is 64.2 Å². The fraction of sp³-hybridized carbons (Fsp3) is 0.393. The van der Waals surface area contributed by atoms with E-state index in [1.807, 2.05) is 42.5 Å². The molecule has 7 nitrogen and oxygen atoms in total. The summed E-state index contributed by atoms with van der Waals surface area (Å²) in [7, 11) is 0. The van der Waals surface area contributed by atoms with Gasteiger partial charge in [0, 0.05) is 11.3 Å². The molecule has 2 amide bonds. The van der Waals surface area contributed by atoms with Crippen LogP contribution in [0.3, 0.4) is 0 Å². The number of allylic oxidation sites excluding steroid dienone is 1. The van der Waals surface area contributed by atoms with Crippen molar-refractivity contribution < 1.29 is 23.9 Å². The van der Waals surface area contributed by atoms with Gasteiger partial charge in [0.25, 0.3) is 5.91 Å². The summed E-state index contributed by atoms with van der Waals surface area (Å²) in [6.07, 6.45) is 1.24. The van der Waals surface area contributed by atoms with E-state index in [0.29, 0.717) is 17.7 Å². The number of nitrogens with one attached hydrogen (secondary N) is 1. The molecule has 2 aromatic carbocycles. The fourth-order valence-electron chi connectivity index (χ4n) is 5.60. The topological polar surface area (TPSA) is 84.9 Å². The Bertz CT molecular complexity index is 1260. The maximum atomic E-state index is 14.5. The number of nitrogens with zero attached hydrogens (tertiary/aromatic N) is 1. The third-order valence-corrected chi connectivity index (χ3v) is 6.79. The van der Waals surface area contributed by atoms with Gasteiger partial charge in [-0.1, -0.05) is 42.5 Å². The van der Waals surface area contributed by atoms with E-state index >= 15 is 0 Å². The molecule has 0 saturated heterocycles. The molecule has 3 atom stereocenters. The molecule has 0 aromatic heterocycles. The van der Waals surface area contributed by atoms with Crippen molar-refractivity contribution in [2.75, 3.05) is 10.2 Å². The first-order valence-corrected chi connectivity index (χ1v) is 12.0. The zero-order valence-electron chi connectivity index (χ0n) is 20.6. The number of fused-ring (bicyclic) bond motifs is 6. The van der Waals surface area contributed by atoms with Gasteiger partial charge in [0.1, 0.15) is 11.0 Å². The first-order valence-electron chi connectivity index (χ1n) is 12.0. The zero-order valence-corrected chi connectivity index (χ0v) is 20.6. The molecule has 3 aliphatic rings. The second kappa shape index (κ2) is 7.97. The second-order valence-electron chi connectivity index (χ2n) is 10.6. The highest BCUT2D eigenvalue weighted by Crippen LogP contribution is 2.58. The molecule has 5 rings (SSSR count). The van der Waals surface area contributed by atoms with Gasteiger partial charge in [-0.15, -0.1) is 0 Å². The Morgan fingerprint density at radius 3 is 2.49 bits per heavy atom. The Kier molecular flexibility index (Phi) is 5.27. The van der Waals surface area contributed by atoms with E-state index in [1.165, 1.54) is 0 Å². The van der Waals surface area contributed by atoms with E-state index in [-0.39, 0.29) is 6.10 Å². The number of rotatable bonds is 2. The zero-order chi connectivity index (χ0) is 25.1. The van der Waals surface area contributed by atoms with Gasteiger partial charge in [0.2, 0.25) is 0 Å². The molecule has 1 N–H and O–H groups in total. The number of anilines is 2. The number of carbonyl (C=O) groups excluding carboxylic acids is 3. The molecule has 3 unspecified atom stereocenters. The third-order valence-electron chi connectivity index (χ3n) is 6.79. The van der Waals surface area contributed by atoms with Crippen LogP contribution in [0.15, 0.2) is 54.6 Å². The van der Waals surface area contributed by atoms with E-state index in [9.17, 15) is 14.4 Å². The summed E-state index contributed by atoms with van der Waals surface area (Å²) >= 11 is 0. The van der Waals surface area contributed by atoms with E-state index in [4.69, 9.17) is 9.47 Å². The lowest BCUT2D eigenvalue weighted by atomic mass is 9.60. The monoisotopic (exact) mass is 474 g/mol. The Hall–Kier alpha value is -3.61. The molecule has 0 radical (unpaired) electrons. The van der Waals surface area contributed by atoms with Crippen molar-refractivity contribution in [1.29, 1.82) is 0 Å². The van der Waals surface area contributed by atoms with E-state index < -0.39 is 40.9 Å². The standard InChI is InChI=1S/C28H30N2O5/c1-16(2)34-24(31)20-15-14-18-17-10-6-8-12-21(17)29-23(18)28(20)19-11-7-9-13-22(19)30(25(28)32)26(33)35-27(3,4)5/h6-14,16,20,23,29H,15H2,1-5H3. The van der Waals surface area contributed by atoms with Gasteiger partial charge in [-0.25, -0.2) is 9.69 Å². The summed E-state index contributed by atoms with van der Waals surface area (Å²) in [6.45, 7) is 8.84. The minimum atomic E-state index is -1.37. The van der Waals surface area contributed by atoms with Crippen molar-refractivity contribution in [2.24, 2.45) is 5.92 Å². The SMILES string of the molecule is CC(C)OC(=O)C1CC=C2c3ccccc3NC2C12C(=O)N(C(=O)OC(C)(C)C)c1ccccc12. The predicted molar refractivity (Wildman–Crippen MR) is 133 cm³/mol. The van der Waals surface area contributed by atoms with E-state index in [1.54, 1.807) is 46.8 Å². The second-order valence-corrected chi connectivity index (χ2v) is 10.6. The number of imide groups is 1. The third kappa shape index (κ3) is 3.44. The van der Waals surface area contributed by atoms with Crippen LogP contribution in [0.2, 0.25) is 0 Å². The molecule has 1 spiro atoms. The summed E-state index contributed by atoms with van der Waals surface area (Å²) in [5.41, 5.74) is 1.73. The average Bonchev–Trinajstić information content (AvgIpc) is 3.27. The van der Waals surface area contributed by atoms with Crippen molar-refractivity contribution in [3.8, 4) is 0 Å². The van der Waals surface area contributed by atoms with E-state index in [0.717, 1.165) is 21.7 Å². The summed E-state index contributed by atoms with van der Waals surface area (Å²) < 4.78 is 11.3. The Morgan fingerprint density at radius 2 is 1.77 bits per heavy atom. The van der Waals surface area contributed by atoms with Crippen LogP contribution in [0.1, 0.15) is 52.2 Å². The molecule has 2 aliphatic heterocycles. The van der Waals surface area contributed by atoms with Crippen LogP contribution in [0, 0.1) is 5.92 Å². The van der Waals surface area contributed by atoms with Crippen molar-refractivity contribution in [3.63, 3.8) is 0 Å². The number of para-hydroxylation sites is 2. The number of hydrogen-bond donors (Lipinski definition) is 1. The fourth-order valence-corrected chi connectivity index (χ4v) is 5.60. The molecule has 0 bridgehead atoms. The predicted octanol–water partition coefficient (Wildman–Crippen LogP) is 5.06. The van der Waals surface area contributed by atoms with Crippen LogP contribution in [0.5, 0.6) is 0 Å². The molecule has 0 saturated carbocycles. The highest BCUT2D eigenvalue weighted by atomic mass is 16.6. The van der Waals surface area contributed by atoms with Gasteiger partial charge >= 0.3 is 12.1 Å². The smallest absolute Gasteiger partial charge is 0.421 e. The lowest BCUT2D eigenvalue weighted by Crippen LogP contribution is -2.60. The Morgan fingerprint density at radius 1 is 1.09 bits per heavy atom. The lowest BCUT2D eigenvalue weighted by molar-refractivity contribution is -0.157. The summed E-state index contributed by atoms with van der Waals surface area (Å²) in [5.74, 6) is -1.75. The van der Waals surface area contributed by atoms with Gasteiger partial charge < -0.3 is 14.8 Å². The largest absolute Gasteiger partial charge is 0.463 e. The normalized spacial score (nSPS) is 24.5. The minimum absolute atomic E-state index is 0.315. The number of esters is 1. The molecule has 7 heteroatoms. The Labute approximate surface area is 205 Å². The van der Waals surface area contributed by atoms with Crippen molar-refractivity contribution in [1.82, 2.24) is 0 Å². The number of hydrogen-bond acceptors (Lipinski definition) is 6. The number of ether oxygens (including phenoxy) is 2.